The van der Waals surface area contributed by atoms with Gasteiger partial charge < -0.3 is 14.6 Å². The quantitative estimate of drug-likeness (QED) is 0.768. The maximum atomic E-state index is 5.89. The van der Waals surface area contributed by atoms with E-state index in [4.69, 9.17) is 4.74 Å². The van der Waals surface area contributed by atoms with Crippen LogP contribution in [0.15, 0.2) is 30.6 Å². The van der Waals surface area contributed by atoms with Gasteiger partial charge in [-0.25, -0.2) is 4.98 Å². The van der Waals surface area contributed by atoms with Crippen LogP contribution < -0.4 is 5.32 Å². The van der Waals surface area contributed by atoms with Crippen molar-refractivity contribution in [3.8, 4) is 0 Å². The summed E-state index contributed by atoms with van der Waals surface area (Å²) in [5.41, 5.74) is 2.79. The number of hydrogen-bond donors (Lipinski definition) is 2. The Morgan fingerprint density at radius 1 is 1.36 bits per heavy atom. The summed E-state index contributed by atoms with van der Waals surface area (Å²) in [6, 6.07) is 5.99. The summed E-state index contributed by atoms with van der Waals surface area (Å²) in [6.07, 6.45) is 4.87. The monoisotopic (exact) mass is 298 g/mol. The number of aromatic amines is 1. The number of H-pyrrole nitrogens is 1. The third-order valence-electron chi connectivity index (χ3n) is 4.21. The van der Waals surface area contributed by atoms with E-state index in [1.54, 1.807) is 0 Å². The normalized spacial score (nSPS) is 21.5. The predicted octanol–water partition coefficient (Wildman–Crippen LogP) is 1.88. The minimum absolute atomic E-state index is 0.0586. The first kappa shape index (κ1) is 13.3. The van der Waals surface area contributed by atoms with Crippen LogP contribution in [0.1, 0.15) is 18.3 Å². The van der Waals surface area contributed by atoms with Gasteiger partial charge in [-0.15, -0.1) is 0 Å². The highest BCUT2D eigenvalue weighted by Gasteiger charge is 2.32. The Hall–Kier alpha value is -2.41. The molecule has 0 amide bonds. The molecule has 7 nitrogen and oxygen atoms in total. The van der Waals surface area contributed by atoms with Crippen molar-refractivity contribution in [2.45, 2.75) is 12.5 Å². The second-order valence-corrected chi connectivity index (χ2v) is 5.64. The summed E-state index contributed by atoms with van der Waals surface area (Å²) in [5.74, 6) is 1.41. The number of ether oxygens (including phenoxy) is 1. The fourth-order valence-corrected chi connectivity index (χ4v) is 2.98. The van der Waals surface area contributed by atoms with E-state index in [0.717, 1.165) is 42.1 Å². The second kappa shape index (κ2) is 5.42. The third-order valence-corrected chi connectivity index (χ3v) is 4.21. The maximum Gasteiger partial charge on any atom is 0.138 e. The van der Waals surface area contributed by atoms with Crippen LogP contribution >= 0.6 is 0 Å². The summed E-state index contributed by atoms with van der Waals surface area (Å²) < 4.78 is 7.92. The van der Waals surface area contributed by atoms with E-state index >= 15 is 0 Å². The molecule has 1 aliphatic heterocycles. The molecule has 1 aromatic carbocycles. The maximum absolute atomic E-state index is 5.89. The lowest BCUT2D eigenvalue weighted by Gasteiger charge is -2.19. The first-order chi connectivity index (χ1) is 10.8. The first-order valence-electron chi connectivity index (χ1n) is 7.44. The lowest BCUT2D eigenvalue weighted by Crippen LogP contribution is -2.20. The molecule has 0 bridgehead atoms. The van der Waals surface area contributed by atoms with Crippen molar-refractivity contribution in [3.63, 3.8) is 0 Å². The number of nitrogens with zero attached hydrogens (tertiary/aromatic N) is 4. The Balaban J connectivity index is 1.47. The Morgan fingerprint density at radius 3 is 3.14 bits per heavy atom. The molecule has 0 saturated carbocycles. The van der Waals surface area contributed by atoms with Gasteiger partial charge in [0.15, 0.2) is 0 Å². The van der Waals surface area contributed by atoms with Crippen molar-refractivity contribution >= 4 is 16.7 Å². The number of imidazole rings is 1. The summed E-state index contributed by atoms with van der Waals surface area (Å²) in [4.78, 5) is 4.42. The van der Waals surface area contributed by atoms with E-state index in [-0.39, 0.29) is 6.10 Å². The molecular weight excluding hydrogens is 280 g/mol. The van der Waals surface area contributed by atoms with Crippen LogP contribution in [-0.4, -0.2) is 38.1 Å². The summed E-state index contributed by atoms with van der Waals surface area (Å²) in [5, 5.41) is 14.3. The van der Waals surface area contributed by atoms with Crippen molar-refractivity contribution in [1.29, 1.82) is 0 Å². The highest BCUT2D eigenvalue weighted by molar-refractivity contribution is 5.77. The van der Waals surface area contributed by atoms with Gasteiger partial charge in [0.25, 0.3) is 0 Å². The molecule has 0 spiro atoms. The van der Waals surface area contributed by atoms with Crippen LogP contribution in [0.3, 0.4) is 0 Å². The molecule has 114 valence electrons. The summed E-state index contributed by atoms with van der Waals surface area (Å²) in [6.45, 7) is 1.63. The van der Waals surface area contributed by atoms with Gasteiger partial charge in [0.2, 0.25) is 0 Å². The third kappa shape index (κ3) is 2.33. The number of fused-ring (bicyclic) bond motifs is 1. The van der Waals surface area contributed by atoms with Crippen LogP contribution in [0.4, 0.5) is 5.69 Å². The van der Waals surface area contributed by atoms with Crippen LogP contribution in [-0.2, 0) is 11.8 Å². The molecule has 2 N–H and O–H groups in total. The van der Waals surface area contributed by atoms with E-state index in [0.29, 0.717) is 5.92 Å². The van der Waals surface area contributed by atoms with E-state index in [9.17, 15) is 0 Å². The van der Waals surface area contributed by atoms with E-state index in [2.05, 4.69) is 25.7 Å². The van der Waals surface area contributed by atoms with Crippen LogP contribution in [0.5, 0.6) is 0 Å². The molecule has 1 saturated heterocycles. The Kier molecular flexibility index (Phi) is 3.27. The molecule has 1 aliphatic rings. The Labute approximate surface area is 127 Å². The SMILES string of the molecule is Cn1ccnc1[C@@H]1OCC[C@H]1CNc1ccc2n[nH]nc2c1. The molecule has 4 rings (SSSR count). The lowest BCUT2D eigenvalue weighted by atomic mass is 10.0. The standard InChI is InChI=1S/C15H18N6O/c1-21-6-5-16-15(21)14-10(4-7-22-14)9-17-11-2-3-12-13(8-11)19-20-18-12/h2-3,5-6,8,10,14,17H,4,7,9H2,1H3,(H,18,19,20)/t10-,14+/m0/s1. The van der Waals surface area contributed by atoms with Gasteiger partial charge in [0.1, 0.15) is 23.0 Å². The molecule has 0 aliphatic carbocycles. The molecule has 3 heterocycles. The Morgan fingerprint density at radius 2 is 2.27 bits per heavy atom. The minimum Gasteiger partial charge on any atom is -0.385 e. The highest BCUT2D eigenvalue weighted by Crippen LogP contribution is 2.33. The molecule has 22 heavy (non-hydrogen) atoms. The number of nitrogens with one attached hydrogen (secondary N) is 2. The second-order valence-electron chi connectivity index (χ2n) is 5.64. The highest BCUT2D eigenvalue weighted by atomic mass is 16.5. The number of benzene rings is 1. The van der Waals surface area contributed by atoms with Gasteiger partial charge >= 0.3 is 0 Å². The van der Waals surface area contributed by atoms with Gasteiger partial charge in [0, 0.05) is 44.2 Å². The molecule has 0 unspecified atom stereocenters. The van der Waals surface area contributed by atoms with Crippen LogP contribution in [0.2, 0.25) is 0 Å². The zero-order valence-corrected chi connectivity index (χ0v) is 12.4. The van der Waals surface area contributed by atoms with E-state index in [1.807, 2.05) is 42.2 Å². The number of aryl methyl sites for hydroxylation is 1. The van der Waals surface area contributed by atoms with Crippen LogP contribution in [0.25, 0.3) is 11.0 Å². The Bertz CT molecular complexity index is 779. The average Bonchev–Trinajstić information content (AvgIpc) is 3.24. The molecule has 2 atom stereocenters. The van der Waals surface area contributed by atoms with Crippen molar-refractivity contribution in [1.82, 2.24) is 25.0 Å². The van der Waals surface area contributed by atoms with E-state index < -0.39 is 0 Å². The van der Waals surface area contributed by atoms with Gasteiger partial charge in [-0.1, -0.05) is 0 Å². The first-order valence-corrected chi connectivity index (χ1v) is 7.44. The fraction of sp³-hybridized carbons (Fsp3) is 0.400. The number of anilines is 1. The smallest absolute Gasteiger partial charge is 0.138 e. The van der Waals surface area contributed by atoms with Crippen molar-refractivity contribution in [2.24, 2.45) is 13.0 Å². The topological polar surface area (TPSA) is 80.6 Å². The molecule has 2 aromatic heterocycles. The molecule has 1 fully saturated rings. The number of aromatic nitrogens is 5. The zero-order chi connectivity index (χ0) is 14.9. The van der Waals surface area contributed by atoms with Crippen LogP contribution in [0, 0.1) is 5.92 Å². The number of hydrogen-bond acceptors (Lipinski definition) is 5. The lowest BCUT2D eigenvalue weighted by molar-refractivity contribution is 0.0839. The fourth-order valence-electron chi connectivity index (χ4n) is 2.98. The van der Waals surface area contributed by atoms with Gasteiger partial charge in [-0.05, 0) is 24.6 Å². The minimum atomic E-state index is 0.0586. The average molecular weight is 298 g/mol. The number of rotatable bonds is 4. The van der Waals surface area contributed by atoms with Gasteiger partial charge in [0.05, 0.1) is 0 Å². The van der Waals surface area contributed by atoms with Gasteiger partial charge in [-0.2, -0.15) is 15.4 Å². The van der Waals surface area contributed by atoms with Crippen molar-refractivity contribution in [2.75, 3.05) is 18.5 Å². The molecular formula is C15H18N6O. The largest absolute Gasteiger partial charge is 0.385 e. The summed E-state index contributed by atoms with van der Waals surface area (Å²) >= 11 is 0. The van der Waals surface area contributed by atoms with Crippen molar-refractivity contribution in [3.05, 3.63) is 36.4 Å². The van der Waals surface area contributed by atoms with E-state index in [1.165, 1.54) is 0 Å². The van der Waals surface area contributed by atoms with Gasteiger partial charge in [-0.3, -0.25) is 0 Å². The van der Waals surface area contributed by atoms with Crippen molar-refractivity contribution < 1.29 is 4.74 Å². The molecule has 3 aromatic rings. The zero-order valence-electron chi connectivity index (χ0n) is 12.4. The summed E-state index contributed by atoms with van der Waals surface area (Å²) in [7, 11) is 2.01. The predicted molar refractivity (Wildman–Crippen MR) is 82.4 cm³/mol. The molecule has 0 radical (unpaired) electrons. The molecule has 7 heteroatoms.